The molecular weight excluding hydrogens is 196 g/mol. The molecule has 1 heterocycles. The Labute approximate surface area is 85.3 Å². The minimum Gasteiger partial charge on any atom is -0.464 e. The van der Waals surface area contributed by atoms with Crippen LogP contribution in [0, 0.1) is 10.8 Å². The Hall–Kier alpha value is -2.48. The molecule has 0 atom stereocenters. The summed E-state index contributed by atoms with van der Waals surface area (Å²) >= 11 is 0. The van der Waals surface area contributed by atoms with Crippen LogP contribution in [0.2, 0.25) is 0 Å². The first-order valence-electron chi connectivity index (χ1n) is 3.80. The number of nitrogens with one attached hydrogen (secondary N) is 2. The highest BCUT2D eigenvalue weighted by Crippen LogP contribution is 2.12. The van der Waals surface area contributed by atoms with Gasteiger partial charge in [0.15, 0.2) is 0 Å². The van der Waals surface area contributed by atoms with E-state index >= 15 is 0 Å². The minimum absolute atomic E-state index is 0.750. The third kappa shape index (κ3) is 4.95. The van der Waals surface area contributed by atoms with E-state index in [-0.39, 0.29) is 0 Å². The van der Waals surface area contributed by atoms with Crippen LogP contribution >= 0.6 is 0 Å². The van der Waals surface area contributed by atoms with Gasteiger partial charge >= 0.3 is 0 Å². The van der Waals surface area contributed by atoms with E-state index in [9.17, 15) is 0 Å². The number of rotatable bonds is 0. The number of furan rings is 1. The van der Waals surface area contributed by atoms with E-state index in [1.165, 1.54) is 0 Å². The van der Waals surface area contributed by atoms with Gasteiger partial charge in [-0.1, -0.05) is 18.2 Å². The zero-order valence-corrected chi connectivity index (χ0v) is 7.69. The molecule has 5 heteroatoms. The second kappa shape index (κ2) is 8.13. The molecule has 76 valence electrons. The van der Waals surface area contributed by atoms with Crippen molar-refractivity contribution in [2.75, 3.05) is 0 Å². The average Bonchev–Trinajstić information content (AvgIpc) is 2.67. The number of hydrogen-bond donors (Lipinski definition) is 2. The first-order valence-corrected chi connectivity index (χ1v) is 3.80. The van der Waals surface area contributed by atoms with Crippen molar-refractivity contribution in [1.82, 2.24) is 0 Å². The van der Waals surface area contributed by atoms with Crippen LogP contribution in [0.25, 0.3) is 11.0 Å². The first kappa shape index (κ1) is 12.5. The highest BCUT2D eigenvalue weighted by Gasteiger charge is 1.89. The van der Waals surface area contributed by atoms with Crippen molar-refractivity contribution >= 4 is 23.1 Å². The fourth-order valence-corrected chi connectivity index (χ4v) is 0.906. The molecule has 0 aliphatic carbocycles. The van der Waals surface area contributed by atoms with Crippen molar-refractivity contribution in [1.29, 1.82) is 10.8 Å². The van der Waals surface area contributed by atoms with Crippen LogP contribution < -0.4 is 0 Å². The van der Waals surface area contributed by atoms with E-state index in [1.54, 1.807) is 6.26 Å². The van der Waals surface area contributed by atoms with Gasteiger partial charge in [0.05, 0.1) is 6.26 Å². The number of hydrogen-bond acceptors (Lipinski definition) is 5. The van der Waals surface area contributed by atoms with Gasteiger partial charge in [0, 0.05) is 5.39 Å². The van der Waals surface area contributed by atoms with Crippen molar-refractivity contribution in [2.24, 2.45) is 0 Å². The van der Waals surface area contributed by atoms with Crippen molar-refractivity contribution in [3.63, 3.8) is 0 Å². The van der Waals surface area contributed by atoms with Crippen molar-refractivity contribution in [3.05, 3.63) is 36.6 Å². The monoisotopic (exact) mass is 204 g/mol. The van der Waals surface area contributed by atoms with Crippen LogP contribution in [0.4, 0.5) is 0 Å². The molecule has 0 radical (unpaired) electrons. The third-order valence-corrected chi connectivity index (χ3v) is 1.36. The number of benzene rings is 1. The number of para-hydroxylation sites is 1. The second-order valence-corrected chi connectivity index (χ2v) is 2.16. The van der Waals surface area contributed by atoms with E-state index in [1.807, 2.05) is 30.3 Å². The van der Waals surface area contributed by atoms with Crippen LogP contribution in [0.5, 0.6) is 0 Å². The summed E-state index contributed by atoms with van der Waals surface area (Å²) in [6, 6.07) is 9.90. The smallest absolute Gasteiger partial charge is 0.231 e. The second-order valence-electron chi connectivity index (χ2n) is 2.16. The van der Waals surface area contributed by atoms with E-state index in [0.29, 0.717) is 0 Å². The maximum atomic E-state index is 8.35. The van der Waals surface area contributed by atoms with Gasteiger partial charge in [-0.25, -0.2) is 20.4 Å². The molecule has 2 rings (SSSR count). The molecule has 0 spiro atoms. The molecule has 0 aliphatic heterocycles. The lowest BCUT2D eigenvalue weighted by atomic mass is 10.3. The Morgan fingerprint density at radius 1 is 1.00 bits per heavy atom. The molecule has 0 aliphatic rings. The maximum absolute atomic E-state index is 8.35. The Morgan fingerprint density at radius 2 is 1.53 bits per heavy atom. The highest BCUT2D eigenvalue weighted by atomic mass is 16.3. The molecule has 0 saturated carbocycles. The standard InChI is InChI=1S/C8H6O.2CHNO/c1-2-4-8-7(3-1)5-6-9-8;2*2-1-3/h1-6H;2*2H. The SMILES string of the molecule is N=C=O.N=C=O.c1ccc2occc2c1. The van der Waals surface area contributed by atoms with Gasteiger partial charge < -0.3 is 4.42 Å². The number of carbonyl (C=O) groups excluding carboxylic acids is 2. The molecule has 0 unspecified atom stereocenters. The van der Waals surface area contributed by atoms with Gasteiger partial charge in [0.25, 0.3) is 0 Å². The zero-order chi connectivity index (χ0) is 11.5. The fourth-order valence-electron chi connectivity index (χ4n) is 0.906. The van der Waals surface area contributed by atoms with Crippen molar-refractivity contribution in [3.8, 4) is 0 Å². The van der Waals surface area contributed by atoms with Gasteiger partial charge in [0.2, 0.25) is 12.2 Å². The molecule has 1 aromatic carbocycles. The highest BCUT2D eigenvalue weighted by molar-refractivity contribution is 5.76. The molecule has 5 nitrogen and oxygen atoms in total. The first-order chi connectivity index (χ1) is 7.29. The molecule has 0 saturated heterocycles. The predicted molar refractivity (Wildman–Crippen MR) is 53.0 cm³/mol. The lowest BCUT2D eigenvalue weighted by molar-refractivity contribution is 0.562. The largest absolute Gasteiger partial charge is 0.464 e. The summed E-state index contributed by atoms with van der Waals surface area (Å²) in [6.07, 6.45) is 3.20. The summed E-state index contributed by atoms with van der Waals surface area (Å²) in [5.74, 6) is 0. The number of fused-ring (bicyclic) bond motifs is 1. The quantitative estimate of drug-likeness (QED) is 0.508. The Bertz CT molecular complexity index is 422. The topological polar surface area (TPSA) is 95.0 Å². The van der Waals surface area contributed by atoms with Crippen LogP contribution in [-0.2, 0) is 9.59 Å². The minimum atomic E-state index is 0.750. The summed E-state index contributed by atoms with van der Waals surface area (Å²) in [4.78, 5) is 16.7. The van der Waals surface area contributed by atoms with Crippen LogP contribution in [-0.4, -0.2) is 12.2 Å². The van der Waals surface area contributed by atoms with Crippen molar-refractivity contribution in [2.45, 2.75) is 0 Å². The summed E-state index contributed by atoms with van der Waals surface area (Å²) in [7, 11) is 0. The van der Waals surface area contributed by atoms with E-state index < -0.39 is 0 Å². The van der Waals surface area contributed by atoms with Crippen LogP contribution in [0.1, 0.15) is 0 Å². The van der Waals surface area contributed by atoms with E-state index in [0.717, 1.165) is 23.1 Å². The fraction of sp³-hybridized carbons (Fsp3) is 0. The summed E-state index contributed by atoms with van der Waals surface area (Å²) in [5.41, 5.74) is 0.956. The van der Waals surface area contributed by atoms with E-state index in [4.69, 9.17) is 24.8 Å². The molecule has 0 amide bonds. The van der Waals surface area contributed by atoms with Gasteiger partial charge in [-0.05, 0) is 12.1 Å². The lowest BCUT2D eigenvalue weighted by Crippen LogP contribution is -1.57. The van der Waals surface area contributed by atoms with Gasteiger partial charge in [-0.15, -0.1) is 0 Å². The molecule has 0 bridgehead atoms. The summed E-state index contributed by atoms with van der Waals surface area (Å²) in [5, 5.41) is 12.0. The molecule has 2 aromatic rings. The normalized spacial score (nSPS) is 7.20. The Balaban J connectivity index is 0.000000280. The van der Waals surface area contributed by atoms with Gasteiger partial charge in [0.1, 0.15) is 5.58 Å². The Morgan fingerprint density at radius 3 is 2.07 bits per heavy atom. The zero-order valence-electron chi connectivity index (χ0n) is 7.69. The van der Waals surface area contributed by atoms with Crippen LogP contribution in [0.15, 0.2) is 41.0 Å². The average molecular weight is 204 g/mol. The summed E-state index contributed by atoms with van der Waals surface area (Å²) < 4.78 is 5.12. The van der Waals surface area contributed by atoms with Gasteiger partial charge in [-0.3, -0.25) is 0 Å². The maximum Gasteiger partial charge on any atom is 0.231 e. The molecule has 1 aromatic heterocycles. The van der Waals surface area contributed by atoms with E-state index in [2.05, 4.69) is 0 Å². The summed E-state index contributed by atoms with van der Waals surface area (Å²) in [6.45, 7) is 0. The molecule has 0 fully saturated rings. The van der Waals surface area contributed by atoms with Crippen LogP contribution in [0.3, 0.4) is 0 Å². The molecule has 15 heavy (non-hydrogen) atoms. The number of isocyanates is 2. The van der Waals surface area contributed by atoms with Gasteiger partial charge in [-0.2, -0.15) is 0 Å². The molecular formula is C10H8N2O3. The lowest BCUT2D eigenvalue weighted by Gasteiger charge is -1.81. The third-order valence-electron chi connectivity index (χ3n) is 1.36. The molecule has 2 N–H and O–H groups in total. The Kier molecular flexibility index (Phi) is 6.79. The predicted octanol–water partition coefficient (Wildman–Crippen LogP) is 2.23. The van der Waals surface area contributed by atoms with Crippen molar-refractivity contribution < 1.29 is 14.0 Å².